The molecule has 0 spiro atoms. The van der Waals surface area contributed by atoms with E-state index in [0.29, 0.717) is 5.01 Å². The minimum absolute atomic E-state index is 0.0173. The van der Waals surface area contributed by atoms with Gasteiger partial charge in [-0.3, -0.25) is 0 Å². The number of ether oxygens (including phenoxy) is 1. The number of nitrogens with zero attached hydrogens (tertiary/aromatic N) is 2. The Bertz CT molecular complexity index is 479. The molecule has 7 nitrogen and oxygen atoms in total. The minimum Gasteiger partial charge on any atom is -0.489 e. The number of amides is 2. The number of carbonyl (C=O) groups excluding carboxylic acids is 1. The molecule has 0 heterocycles. The highest BCUT2D eigenvalue weighted by molar-refractivity contribution is 5.92. The van der Waals surface area contributed by atoms with Crippen molar-refractivity contribution in [1.82, 2.24) is 5.32 Å². The SMILES string of the molecule is C#C.CNC(=O)N(N=N)c1ccc(F)cc1OCCO. The summed E-state index contributed by atoms with van der Waals surface area (Å²) in [5.41, 5.74) is 7.06. The van der Waals surface area contributed by atoms with Crippen LogP contribution < -0.4 is 15.1 Å². The first-order chi connectivity index (χ1) is 9.63. The number of aliphatic hydroxyl groups is 1. The molecule has 0 aromatic heterocycles. The molecule has 0 atom stereocenters. The fourth-order valence-corrected chi connectivity index (χ4v) is 1.25. The van der Waals surface area contributed by atoms with Gasteiger partial charge in [-0.1, -0.05) is 5.22 Å². The van der Waals surface area contributed by atoms with E-state index >= 15 is 0 Å². The largest absolute Gasteiger partial charge is 0.489 e. The molecule has 1 aromatic rings. The van der Waals surface area contributed by atoms with Crippen molar-refractivity contribution >= 4 is 11.7 Å². The number of aliphatic hydroxyl groups excluding tert-OH is 1. The molecule has 8 heteroatoms. The lowest BCUT2D eigenvalue weighted by Gasteiger charge is -2.18. The number of halogens is 1. The zero-order valence-electron chi connectivity index (χ0n) is 10.8. The smallest absolute Gasteiger partial charge is 0.343 e. The van der Waals surface area contributed by atoms with Crippen LogP contribution in [-0.2, 0) is 0 Å². The predicted molar refractivity (Wildman–Crippen MR) is 71.0 cm³/mol. The van der Waals surface area contributed by atoms with Gasteiger partial charge in [-0.05, 0) is 12.1 Å². The van der Waals surface area contributed by atoms with Crippen LogP contribution in [0.2, 0.25) is 0 Å². The molecule has 0 aliphatic carbocycles. The number of carbonyl (C=O) groups is 1. The molecule has 0 bridgehead atoms. The van der Waals surface area contributed by atoms with E-state index in [1.165, 1.54) is 13.1 Å². The summed E-state index contributed by atoms with van der Waals surface area (Å²) < 4.78 is 18.2. The van der Waals surface area contributed by atoms with E-state index in [1.807, 2.05) is 0 Å². The molecular formula is C12H15FN4O3. The van der Waals surface area contributed by atoms with E-state index in [9.17, 15) is 9.18 Å². The molecule has 1 rings (SSSR count). The first-order valence-electron chi connectivity index (χ1n) is 5.39. The van der Waals surface area contributed by atoms with Gasteiger partial charge in [-0.2, -0.15) is 10.5 Å². The summed E-state index contributed by atoms with van der Waals surface area (Å²) in [6.07, 6.45) is 8.00. The second-order valence-corrected chi connectivity index (χ2v) is 3.15. The Hall–Kier alpha value is -2.66. The van der Waals surface area contributed by atoms with Gasteiger partial charge >= 0.3 is 6.03 Å². The van der Waals surface area contributed by atoms with Gasteiger partial charge in [0.1, 0.15) is 23.9 Å². The van der Waals surface area contributed by atoms with Crippen molar-refractivity contribution in [3.8, 4) is 18.6 Å². The van der Waals surface area contributed by atoms with Gasteiger partial charge in [0.05, 0.1) is 6.61 Å². The normalized spacial score (nSPS) is 8.85. The van der Waals surface area contributed by atoms with Gasteiger partial charge in [-0.15, -0.1) is 12.8 Å². The van der Waals surface area contributed by atoms with Crippen LogP contribution in [0.4, 0.5) is 14.9 Å². The second-order valence-electron chi connectivity index (χ2n) is 3.15. The molecule has 2 amide bonds. The maximum absolute atomic E-state index is 13.1. The van der Waals surface area contributed by atoms with Crippen molar-refractivity contribution in [3.63, 3.8) is 0 Å². The monoisotopic (exact) mass is 282 g/mol. The molecule has 0 aliphatic rings. The summed E-state index contributed by atoms with van der Waals surface area (Å²) >= 11 is 0. The van der Waals surface area contributed by atoms with Crippen molar-refractivity contribution in [2.24, 2.45) is 5.22 Å². The van der Waals surface area contributed by atoms with Crippen molar-refractivity contribution in [2.75, 3.05) is 25.3 Å². The Morgan fingerprint density at radius 1 is 1.60 bits per heavy atom. The van der Waals surface area contributed by atoms with Crippen LogP contribution in [0.15, 0.2) is 23.4 Å². The lowest BCUT2D eigenvalue weighted by Crippen LogP contribution is -2.34. The molecule has 1 aromatic carbocycles. The van der Waals surface area contributed by atoms with Gasteiger partial charge in [0.15, 0.2) is 0 Å². The molecule has 108 valence electrons. The highest BCUT2D eigenvalue weighted by atomic mass is 19.1. The Kier molecular flexibility index (Phi) is 8.06. The molecule has 0 saturated carbocycles. The lowest BCUT2D eigenvalue weighted by molar-refractivity contribution is 0.201. The fraction of sp³-hybridized carbons (Fsp3) is 0.250. The first kappa shape index (κ1) is 17.3. The van der Waals surface area contributed by atoms with E-state index < -0.39 is 11.8 Å². The Labute approximate surface area is 115 Å². The number of hydrogen-bond acceptors (Lipinski definition) is 5. The molecule has 3 N–H and O–H groups in total. The topological polar surface area (TPSA) is 98.0 Å². The van der Waals surface area contributed by atoms with Crippen LogP contribution in [-0.4, -0.2) is 31.4 Å². The van der Waals surface area contributed by atoms with Crippen LogP contribution >= 0.6 is 0 Å². The van der Waals surface area contributed by atoms with Crippen LogP contribution in [0.1, 0.15) is 0 Å². The standard InChI is InChI=1S/C10H13FN4O3.C2H2/c1-13-10(17)15(14-12)8-3-2-7(11)6-9(8)18-5-4-16;1-2/h2-3,6,12,16H,4-5H2,1H3,(H,13,17);1-2H. The van der Waals surface area contributed by atoms with Gasteiger partial charge in [0, 0.05) is 13.1 Å². The van der Waals surface area contributed by atoms with Crippen molar-refractivity contribution in [2.45, 2.75) is 0 Å². The van der Waals surface area contributed by atoms with E-state index in [0.717, 1.165) is 12.1 Å². The van der Waals surface area contributed by atoms with Crippen molar-refractivity contribution in [3.05, 3.63) is 24.0 Å². The third kappa shape index (κ3) is 4.55. The average molecular weight is 282 g/mol. The minimum atomic E-state index is -0.662. The average Bonchev–Trinajstić information content (AvgIpc) is 2.49. The van der Waals surface area contributed by atoms with Crippen molar-refractivity contribution in [1.29, 1.82) is 5.53 Å². The van der Waals surface area contributed by atoms with Gasteiger partial charge in [0.25, 0.3) is 0 Å². The lowest BCUT2D eigenvalue weighted by atomic mass is 10.2. The van der Waals surface area contributed by atoms with E-state index in [2.05, 4.69) is 23.4 Å². The van der Waals surface area contributed by atoms with Crippen LogP contribution in [0.25, 0.3) is 0 Å². The number of anilines is 1. The van der Waals surface area contributed by atoms with E-state index in [-0.39, 0.29) is 24.7 Å². The highest BCUT2D eigenvalue weighted by Gasteiger charge is 2.19. The fourth-order valence-electron chi connectivity index (χ4n) is 1.25. The summed E-state index contributed by atoms with van der Waals surface area (Å²) in [6, 6.07) is 2.76. The van der Waals surface area contributed by atoms with E-state index in [1.54, 1.807) is 0 Å². The Balaban J connectivity index is 0.00000172. The number of urea groups is 1. The molecule has 0 aliphatic heterocycles. The van der Waals surface area contributed by atoms with Gasteiger partial charge < -0.3 is 15.2 Å². The molecule has 0 radical (unpaired) electrons. The summed E-state index contributed by atoms with van der Waals surface area (Å²) in [5, 5.41) is 14.7. The summed E-state index contributed by atoms with van der Waals surface area (Å²) in [5.74, 6) is -0.544. The summed E-state index contributed by atoms with van der Waals surface area (Å²) in [7, 11) is 1.37. The van der Waals surface area contributed by atoms with E-state index in [4.69, 9.17) is 15.4 Å². The van der Waals surface area contributed by atoms with Crippen LogP contribution in [0, 0.1) is 24.2 Å². The zero-order valence-corrected chi connectivity index (χ0v) is 10.8. The zero-order chi connectivity index (χ0) is 15.5. The Morgan fingerprint density at radius 3 is 2.75 bits per heavy atom. The van der Waals surface area contributed by atoms with Crippen molar-refractivity contribution < 1.29 is 19.0 Å². The number of rotatable bonds is 5. The number of hydrogen-bond donors (Lipinski definition) is 3. The third-order valence-electron chi connectivity index (χ3n) is 2.01. The molecule has 0 saturated heterocycles. The maximum Gasteiger partial charge on any atom is 0.343 e. The summed E-state index contributed by atoms with van der Waals surface area (Å²) in [6.45, 7) is -0.315. The third-order valence-corrected chi connectivity index (χ3v) is 2.01. The van der Waals surface area contributed by atoms with Crippen LogP contribution in [0.5, 0.6) is 5.75 Å². The summed E-state index contributed by atoms with van der Waals surface area (Å²) in [4.78, 5) is 11.5. The van der Waals surface area contributed by atoms with Crippen LogP contribution in [0.3, 0.4) is 0 Å². The highest BCUT2D eigenvalue weighted by Crippen LogP contribution is 2.29. The number of nitrogens with one attached hydrogen (secondary N) is 2. The Morgan fingerprint density at radius 2 is 2.25 bits per heavy atom. The van der Waals surface area contributed by atoms with Gasteiger partial charge in [0.2, 0.25) is 0 Å². The maximum atomic E-state index is 13.1. The number of benzene rings is 1. The molecule has 0 fully saturated rings. The quantitative estimate of drug-likeness (QED) is 0.434. The number of terminal acetylenes is 1. The first-order valence-corrected chi connectivity index (χ1v) is 5.39. The second kappa shape index (κ2) is 9.29. The predicted octanol–water partition coefficient (Wildman–Crippen LogP) is 1.54. The van der Waals surface area contributed by atoms with Gasteiger partial charge in [-0.25, -0.2) is 9.18 Å². The molecule has 0 unspecified atom stereocenters. The molecular weight excluding hydrogens is 267 g/mol. The molecule has 20 heavy (non-hydrogen) atoms.